The number of hydrogen-bond acceptors (Lipinski definition) is 3. The molecule has 0 bridgehead atoms. The first-order valence-corrected chi connectivity index (χ1v) is 7.74. The van der Waals surface area contributed by atoms with Crippen LogP contribution in [0.5, 0.6) is 0 Å². The Labute approximate surface area is 114 Å². The molecule has 0 fully saturated rings. The van der Waals surface area contributed by atoms with Gasteiger partial charge in [-0.3, -0.25) is 4.79 Å². The van der Waals surface area contributed by atoms with E-state index in [1.54, 1.807) is 11.3 Å². The number of rotatable bonds is 3. The highest BCUT2D eigenvalue weighted by Crippen LogP contribution is 2.33. The van der Waals surface area contributed by atoms with Gasteiger partial charge in [-0.2, -0.15) is 0 Å². The summed E-state index contributed by atoms with van der Waals surface area (Å²) in [7, 11) is 0. The van der Waals surface area contributed by atoms with E-state index in [0.29, 0.717) is 5.88 Å². The Morgan fingerprint density at radius 1 is 1.33 bits per heavy atom. The minimum Gasteiger partial charge on any atom is -0.310 e. The molecule has 0 unspecified atom stereocenters. The lowest BCUT2D eigenvalue weighted by Crippen LogP contribution is -2.13. The number of aryl methyl sites for hydroxylation is 3. The van der Waals surface area contributed by atoms with Crippen LogP contribution in [-0.4, -0.2) is 15.8 Å². The fraction of sp³-hybridized carbons (Fsp3) is 0.538. The molecule has 0 radical (unpaired) electrons. The molecular formula is C13H15ClN2OS. The summed E-state index contributed by atoms with van der Waals surface area (Å²) >= 11 is 7.37. The first kappa shape index (κ1) is 12.2. The van der Waals surface area contributed by atoms with E-state index in [1.807, 2.05) is 0 Å². The second-order valence-corrected chi connectivity index (χ2v) is 6.16. The first-order valence-electron chi connectivity index (χ1n) is 6.39. The van der Waals surface area contributed by atoms with Gasteiger partial charge in [0.1, 0.15) is 10.7 Å². The van der Waals surface area contributed by atoms with Crippen molar-refractivity contribution in [3.05, 3.63) is 26.6 Å². The van der Waals surface area contributed by atoms with Crippen molar-refractivity contribution < 1.29 is 0 Å². The molecule has 2 aromatic rings. The smallest absolute Gasteiger partial charge is 0.259 e. The maximum absolute atomic E-state index is 12.2. The summed E-state index contributed by atoms with van der Waals surface area (Å²) in [5, 5.41) is 0.837. The molecule has 0 aliphatic heterocycles. The van der Waals surface area contributed by atoms with E-state index in [4.69, 9.17) is 11.6 Å². The lowest BCUT2D eigenvalue weighted by Gasteiger charge is -2.09. The third-order valence-corrected chi connectivity index (χ3v) is 4.87. The summed E-state index contributed by atoms with van der Waals surface area (Å²) in [5.41, 5.74) is 1.28. The number of hydrogen-bond donors (Lipinski definition) is 1. The molecule has 2 aromatic heterocycles. The number of aromatic amines is 1. The molecule has 0 saturated carbocycles. The van der Waals surface area contributed by atoms with Gasteiger partial charge in [-0.15, -0.1) is 22.9 Å². The van der Waals surface area contributed by atoms with E-state index in [2.05, 4.69) is 9.97 Å². The van der Waals surface area contributed by atoms with Gasteiger partial charge >= 0.3 is 0 Å². The lowest BCUT2D eigenvalue weighted by molar-refractivity contribution is 0.700. The van der Waals surface area contributed by atoms with Crippen molar-refractivity contribution in [3.63, 3.8) is 0 Å². The van der Waals surface area contributed by atoms with E-state index < -0.39 is 0 Å². The Morgan fingerprint density at radius 2 is 2.17 bits per heavy atom. The monoisotopic (exact) mass is 282 g/mol. The molecular weight excluding hydrogens is 268 g/mol. The van der Waals surface area contributed by atoms with Crippen molar-refractivity contribution in [2.75, 3.05) is 5.88 Å². The Balaban J connectivity index is 2.11. The highest BCUT2D eigenvalue weighted by Gasteiger charge is 2.19. The van der Waals surface area contributed by atoms with Crippen molar-refractivity contribution in [1.29, 1.82) is 0 Å². The normalized spacial score (nSPS) is 14.9. The SMILES string of the molecule is O=c1[nH]c(CCCCl)nc2sc3c(c12)CCCC3. The maximum Gasteiger partial charge on any atom is 0.259 e. The lowest BCUT2D eigenvalue weighted by atomic mass is 9.97. The molecule has 18 heavy (non-hydrogen) atoms. The number of nitrogens with one attached hydrogen (secondary N) is 1. The number of thiophene rings is 1. The Kier molecular flexibility index (Phi) is 3.39. The zero-order chi connectivity index (χ0) is 12.5. The fourth-order valence-corrected chi connectivity index (χ4v) is 3.98. The van der Waals surface area contributed by atoms with Crippen LogP contribution in [0.2, 0.25) is 0 Å². The molecule has 3 nitrogen and oxygen atoms in total. The Bertz CT molecular complexity index is 632. The van der Waals surface area contributed by atoms with Crippen LogP contribution in [0.1, 0.15) is 35.5 Å². The van der Waals surface area contributed by atoms with Gasteiger partial charge in [0.2, 0.25) is 0 Å². The molecule has 0 spiro atoms. The largest absolute Gasteiger partial charge is 0.310 e. The molecule has 0 amide bonds. The van der Waals surface area contributed by atoms with E-state index in [1.165, 1.54) is 23.3 Å². The van der Waals surface area contributed by atoms with Gasteiger partial charge in [0.05, 0.1) is 5.39 Å². The number of halogens is 1. The summed E-state index contributed by atoms with van der Waals surface area (Å²) in [5.74, 6) is 1.37. The van der Waals surface area contributed by atoms with Crippen LogP contribution in [-0.2, 0) is 19.3 Å². The van der Waals surface area contributed by atoms with E-state index >= 15 is 0 Å². The molecule has 5 heteroatoms. The van der Waals surface area contributed by atoms with Gasteiger partial charge < -0.3 is 4.98 Å². The van der Waals surface area contributed by atoms with Gasteiger partial charge in [0.25, 0.3) is 5.56 Å². The second kappa shape index (κ2) is 5.02. The standard InChI is InChI=1S/C13H15ClN2OS/c14-7-3-6-10-15-12(17)11-8-4-1-2-5-9(8)18-13(11)16-10/h1-7H2,(H,15,16,17). The van der Waals surface area contributed by atoms with E-state index in [9.17, 15) is 4.79 Å². The number of nitrogens with zero attached hydrogens (tertiary/aromatic N) is 1. The van der Waals surface area contributed by atoms with Gasteiger partial charge in [-0.05, 0) is 37.7 Å². The quantitative estimate of drug-likeness (QED) is 0.880. The van der Waals surface area contributed by atoms with Crippen molar-refractivity contribution >= 4 is 33.2 Å². The predicted octanol–water partition coefficient (Wildman–Crippen LogP) is 3.03. The summed E-state index contributed by atoms with van der Waals surface area (Å²) in [6.07, 6.45) is 6.15. The molecule has 1 aliphatic rings. The van der Waals surface area contributed by atoms with Crippen LogP contribution < -0.4 is 5.56 Å². The molecule has 3 rings (SSSR count). The third-order valence-electron chi connectivity index (χ3n) is 3.42. The van der Waals surface area contributed by atoms with Gasteiger partial charge in [-0.1, -0.05) is 0 Å². The minimum absolute atomic E-state index is 0.0315. The summed E-state index contributed by atoms with van der Waals surface area (Å²) in [6.45, 7) is 0. The van der Waals surface area contributed by atoms with Gasteiger partial charge in [0.15, 0.2) is 0 Å². The van der Waals surface area contributed by atoms with Crippen LogP contribution in [0.25, 0.3) is 10.2 Å². The Hall–Kier alpha value is -0.870. The highest BCUT2D eigenvalue weighted by atomic mass is 35.5. The maximum atomic E-state index is 12.2. The van der Waals surface area contributed by atoms with Crippen LogP contribution in [0.15, 0.2) is 4.79 Å². The molecule has 0 saturated heterocycles. The van der Waals surface area contributed by atoms with Crippen LogP contribution in [0, 0.1) is 0 Å². The minimum atomic E-state index is 0.0315. The van der Waals surface area contributed by atoms with Crippen molar-refractivity contribution in [1.82, 2.24) is 9.97 Å². The topological polar surface area (TPSA) is 45.8 Å². The van der Waals surface area contributed by atoms with E-state index in [0.717, 1.165) is 41.7 Å². The average molecular weight is 283 g/mol. The van der Waals surface area contributed by atoms with Crippen LogP contribution in [0.4, 0.5) is 0 Å². The molecule has 0 aromatic carbocycles. The van der Waals surface area contributed by atoms with Crippen LogP contribution >= 0.6 is 22.9 Å². The molecule has 2 heterocycles. The van der Waals surface area contributed by atoms with Crippen molar-refractivity contribution in [3.8, 4) is 0 Å². The molecule has 0 atom stereocenters. The van der Waals surface area contributed by atoms with Gasteiger partial charge in [0, 0.05) is 17.2 Å². The Morgan fingerprint density at radius 3 is 3.00 bits per heavy atom. The number of H-pyrrole nitrogens is 1. The summed E-state index contributed by atoms with van der Waals surface area (Å²) in [4.78, 5) is 21.9. The van der Waals surface area contributed by atoms with Gasteiger partial charge in [-0.25, -0.2) is 4.98 Å². The zero-order valence-electron chi connectivity index (χ0n) is 10.1. The fourth-order valence-electron chi connectivity index (χ4n) is 2.56. The number of aromatic nitrogens is 2. The zero-order valence-corrected chi connectivity index (χ0v) is 11.7. The molecule has 1 aliphatic carbocycles. The summed E-state index contributed by atoms with van der Waals surface area (Å²) < 4.78 is 0. The van der Waals surface area contributed by atoms with Crippen molar-refractivity contribution in [2.45, 2.75) is 38.5 Å². The van der Waals surface area contributed by atoms with Crippen LogP contribution in [0.3, 0.4) is 0 Å². The average Bonchev–Trinajstić information content (AvgIpc) is 2.74. The van der Waals surface area contributed by atoms with Crippen molar-refractivity contribution in [2.24, 2.45) is 0 Å². The summed E-state index contributed by atoms with van der Waals surface area (Å²) in [6, 6.07) is 0. The highest BCUT2D eigenvalue weighted by molar-refractivity contribution is 7.18. The number of fused-ring (bicyclic) bond motifs is 3. The predicted molar refractivity (Wildman–Crippen MR) is 75.9 cm³/mol. The molecule has 1 N–H and O–H groups in total. The first-order chi connectivity index (χ1) is 8.79. The second-order valence-electron chi connectivity index (χ2n) is 4.70. The number of alkyl halides is 1. The van der Waals surface area contributed by atoms with E-state index in [-0.39, 0.29) is 5.56 Å². The third kappa shape index (κ3) is 2.08. The molecule has 96 valence electrons.